The quantitative estimate of drug-likeness (QED) is 0.323. The maximum absolute atomic E-state index is 4.65. The number of hydrogen-bond acceptors (Lipinski definition) is 5. The van der Waals surface area contributed by atoms with E-state index in [-0.39, 0.29) is 30.1 Å². The molecule has 124 valence electrons. The molecule has 0 aliphatic carbocycles. The molecule has 23 heavy (non-hydrogen) atoms. The summed E-state index contributed by atoms with van der Waals surface area (Å²) in [5.41, 5.74) is 7.32. The SMILES string of the molecule is I.c1ccc(NC(=NCCc2nccs2)NC2CCNN2)cc1. The molecular formula is C15H21IN6S. The van der Waals surface area contributed by atoms with Crippen molar-refractivity contribution < 1.29 is 0 Å². The lowest BCUT2D eigenvalue weighted by atomic mass is 10.3. The van der Waals surface area contributed by atoms with Crippen LogP contribution in [0.15, 0.2) is 46.9 Å². The lowest BCUT2D eigenvalue weighted by molar-refractivity contribution is 0.527. The van der Waals surface area contributed by atoms with Gasteiger partial charge < -0.3 is 10.6 Å². The van der Waals surface area contributed by atoms with Crippen molar-refractivity contribution >= 4 is 47.0 Å². The molecule has 2 heterocycles. The van der Waals surface area contributed by atoms with E-state index in [9.17, 15) is 0 Å². The Bertz CT molecular complexity index is 583. The highest BCUT2D eigenvalue weighted by Crippen LogP contribution is 2.07. The van der Waals surface area contributed by atoms with Gasteiger partial charge in [-0.05, 0) is 18.6 Å². The molecule has 0 bridgehead atoms. The van der Waals surface area contributed by atoms with Gasteiger partial charge in [-0.1, -0.05) is 18.2 Å². The number of aromatic nitrogens is 1. The van der Waals surface area contributed by atoms with Crippen molar-refractivity contribution in [3.8, 4) is 0 Å². The molecule has 0 saturated carbocycles. The minimum atomic E-state index is 0. The molecule has 1 aliphatic rings. The summed E-state index contributed by atoms with van der Waals surface area (Å²) < 4.78 is 0. The van der Waals surface area contributed by atoms with Gasteiger partial charge in [-0.25, -0.2) is 10.4 Å². The number of nitrogens with one attached hydrogen (secondary N) is 4. The first-order chi connectivity index (χ1) is 10.9. The number of thiazole rings is 1. The van der Waals surface area contributed by atoms with Gasteiger partial charge in [0.1, 0.15) is 0 Å². The van der Waals surface area contributed by atoms with Crippen LogP contribution < -0.4 is 21.5 Å². The fraction of sp³-hybridized carbons (Fsp3) is 0.333. The van der Waals surface area contributed by atoms with E-state index in [0.29, 0.717) is 6.54 Å². The highest BCUT2D eigenvalue weighted by molar-refractivity contribution is 14.0. The Hall–Kier alpha value is -1.23. The lowest BCUT2D eigenvalue weighted by Crippen LogP contribution is -2.46. The Morgan fingerprint density at radius 1 is 1.35 bits per heavy atom. The zero-order chi connectivity index (χ0) is 15.0. The predicted molar refractivity (Wildman–Crippen MR) is 106 cm³/mol. The summed E-state index contributed by atoms with van der Waals surface area (Å²) in [6.07, 6.45) is 3.89. The first-order valence-electron chi connectivity index (χ1n) is 7.40. The van der Waals surface area contributed by atoms with E-state index in [1.807, 2.05) is 41.9 Å². The third-order valence-corrected chi connectivity index (χ3v) is 4.10. The maximum Gasteiger partial charge on any atom is 0.197 e. The average molecular weight is 444 g/mol. The van der Waals surface area contributed by atoms with Crippen molar-refractivity contribution in [1.29, 1.82) is 0 Å². The zero-order valence-corrected chi connectivity index (χ0v) is 15.8. The molecule has 2 aromatic rings. The van der Waals surface area contributed by atoms with E-state index in [0.717, 1.165) is 36.0 Å². The minimum Gasteiger partial charge on any atom is -0.340 e. The molecule has 1 aliphatic heterocycles. The molecule has 0 spiro atoms. The predicted octanol–water partition coefficient (Wildman–Crippen LogP) is 2.19. The van der Waals surface area contributed by atoms with Crippen molar-refractivity contribution in [2.45, 2.75) is 19.0 Å². The van der Waals surface area contributed by atoms with Gasteiger partial charge in [-0.2, -0.15) is 0 Å². The Kier molecular flexibility index (Phi) is 7.72. The van der Waals surface area contributed by atoms with Gasteiger partial charge >= 0.3 is 0 Å². The van der Waals surface area contributed by atoms with Gasteiger partial charge in [0.05, 0.1) is 11.2 Å². The van der Waals surface area contributed by atoms with Crippen LogP contribution in [0.25, 0.3) is 0 Å². The van der Waals surface area contributed by atoms with Crippen molar-refractivity contribution in [1.82, 2.24) is 21.2 Å². The van der Waals surface area contributed by atoms with E-state index < -0.39 is 0 Å². The summed E-state index contributed by atoms with van der Waals surface area (Å²) >= 11 is 1.67. The van der Waals surface area contributed by atoms with E-state index in [4.69, 9.17) is 0 Å². The summed E-state index contributed by atoms with van der Waals surface area (Å²) in [6.45, 7) is 1.66. The number of hydrazine groups is 1. The molecule has 1 aromatic carbocycles. The summed E-state index contributed by atoms with van der Waals surface area (Å²) in [7, 11) is 0. The second-order valence-electron chi connectivity index (χ2n) is 4.95. The molecule has 1 fully saturated rings. The fourth-order valence-electron chi connectivity index (χ4n) is 2.18. The molecule has 1 atom stereocenters. The molecule has 8 heteroatoms. The number of halogens is 1. The molecule has 0 amide bonds. The summed E-state index contributed by atoms with van der Waals surface area (Å²) in [5, 5.41) is 9.84. The smallest absolute Gasteiger partial charge is 0.197 e. The second kappa shape index (κ2) is 9.81. The Labute approximate surface area is 157 Å². The number of para-hydroxylation sites is 1. The normalized spacial score (nSPS) is 17.6. The third-order valence-electron chi connectivity index (χ3n) is 3.26. The number of hydrogen-bond donors (Lipinski definition) is 4. The number of guanidine groups is 1. The summed E-state index contributed by atoms with van der Waals surface area (Å²) in [6, 6.07) is 10.1. The average Bonchev–Trinajstić information content (AvgIpc) is 3.22. The van der Waals surface area contributed by atoms with E-state index >= 15 is 0 Å². The second-order valence-corrected chi connectivity index (χ2v) is 5.93. The molecule has 1 saturated heterocycles. The van der Waals surface area contributed by atoms with Gasteiger partial charge in [-0.3, -0.25) is 10.4 Å². The highest BCUT2D eigenvalue weighted by Gasteiger charge is 2.14. The van der Waals surface area contributed by atoms with Crippen LogP contribution in [0.1, 0.15) is 11.4 Å². The fourth-order valence-corrected chi connectivity index (χ4v) is 2.79. The standard InChI is InChI=1S/C15H20N6S.HI/c1-2-4-12(5-3-1)19-15(20-13-6-9-18-21-13)17-8-7-14-16-10-11-22-14;/h1-5,10-11,13,18,21H,6-9H2,(H2,17,19,20);1H. The summed E-state index contributed by atoms with van der Waals surface area (Å²) in [4.78, 5) is 8.94. The van der Waals surface area contributed by atoms with Gasteiger partial charge in [0, 0.05) is 36.8 Å². The van der Waals surface area contributed by atoms with Crippen LogP contribution in [0, 0.1) is 0 Å². The van der Waals surface area contributed by atoms with E-state index in [1.54, 1.807) is 11.3 Å². The van der Waals surface area contributed by atoms with Crippen molar-refractivity contribution in [2.75, 3.05) is 18.4 Å². The van der Waals surface area contributed by atoms with Crippen LogP contribution >= 0.6 is 35.3 Å². The molecule has 3 rings (SSSR count). The van der Waals surface area contributed by atoms with E-state index in [2.05, 4.69) is 31.5 Å². The van der Waals surface area contributed by atoms with Crippen LogP contribution in [0.3, 0.4) is 0 Å². The Morgan fingerprint density at radius 2 is 2.22 bits per heavy atom. The van der Waals surface area contributed by atoms with Crippen LogP contribution in [-0.4, -0.2) is 30.2 Å². The largest absolute Gasteiger partial charge is 0.340 e. The first-order valence-corrected chi connectivity index (χ1v) is 8.28. The Morgan fingerprint density at radius 3 is 2.91 bits per heavy atom. The van der Waals surface area contributed by atoms with Crippen LogP contribution in [-0.2, 0) is 6.42 Å². The van der Waals surface area contributed by atoms with Crippen molar-refractivity contribution in [2.24, 2.45) is 4.99 Å². The molecule has 1 aromatic heterocycles. The summed E-state index contributed by atoms with van der Waals surface area (Å²) in [5.74, 6) is 0.781. The molecular weight excluding hydrogens is 423 g/mol. The monoisotopic (exact) mass is 444 g/mol. The number of benzene rings is 1. The van der Waals surface area contributed by atoms with Gasteiger partial charge in [-0.15, -0.1) is 35.3 Å². The van der Waals surface area contributed by atoms with Gasteiger partial charge in [0.2, 0.25) is 0 Å². The van der Waals surface area contributed by atoms with Crippen LogP contribution in [0.4, 0.5) is 5.69 Å². The molecule has 1 unspecified atom stereocenters. The first kappa shape index (κ1) is 18.1. The minimum absolute atomic E-state index is 0. The number of aliphatic imine (C=N–C) groups is 1. The molecule has 6 nitrogen and oxygen atoms in total. The number of anilines is 1. The van der Waals surface area contributed by atoms with E-state index in [1.165, 1.54) is 0 Å². The van der Waals surface area contributed by atoms with Crippen LogP contribution in [0.5, 0.6) is 0 Å². The number of nitrogens with zero attached hydrogens (tertiary/aromatic N) is 2. The maximum atomic E-state index is 4.65. The van der Waals surface area contributed by atoms with Crippen LogP contribution in [0.2, 0.25) is 0 Å². The highest BCUT2D eigenvalue weighted by atomic mass is 127. The Balaban J connectivity index is 0.00000192. The topological polar surface area (TPSA) is 73.4 Å². The third kappa shape index (κ3) is 6.05. The van der Waals surface area contributed by atoms with Crippen molar-refractivity contribution in [3.63, 3.8) is 0 Å². The lowest BCUT2D eigenvalue weighted by Gasteiger charge is -2.17. The zero-order valence-electron chi connectivity index (χ0n) is 12.7. The van der Waals surface area contributed by atoms with Crippen molar-refractivity contribution in [3.05, 3.63) is 46.9 Å². The van der Waals surface area contributed by atoms with Gasteiger partial charge in [0.15, 0.2) is 5.96 Å². The number of rotatable bonds is 5. The van der Waals surface area contributed by atoms with Gasteiger partial charge in [0.25, 0.3) is 0 Å². The molecule has 0 radical (unpaired) electrons. The molecule has 4 N–H and O–H groups in total.